The summed E-state index contributed by atoms with van der Waals surface area (Å²) in [5.41, 5.74) is 4.57. The van der Waals surface area contributed by atoms with E-state index in [0.717, 1.165) is 23.1 Å². The molecule has 1 aromatic carbocycles. The van der Waals surface area contributed by atoms with Crippen LogP contribution in [0, 0.1) is 0 Å². The molecule has 9 heteroatoms. The van der Waals surface area contributed by atoms with Crippen LogP contribution in [0.25, 0.3) is 33.5 Å². The summed E-state index contributed by atoms with van der Waals surface area (Å²) in [7, 11) is 3.47. The molecular formula is C18H18ClN7O. The van der Waals surface area contributed by atoms with Gasteiger partial charge in [0.2, 0.25) is 11.2 Å². The zero-order valence-electron chi connectivity index (χ0n) is 15.2. The number of nitrogens with zero attached hydrogens (tertiary/aromatic N) is 7. The van der Waals surface area contributed by atoms with Crippen LogP contribution in [0.5, 0.6) is 0 Å². The number of hydrogen-bond acceptors (Lipinski definition) is 5. The van der Waals surface area contributed by atoms with Crippen LogP contribution in [0.2, 0.25) is 5.28 Å². The zero-order valence-corrected chi connectivity index (χ0v) is 16.0. The van der Waals surface area contributed by atoms with Gasteiger partial charge in [0, 0.05) is 26.2 Å². The molecule has 0 N–H and O–H groups in total. The molecule has 27 heavy (non-hydrogen) atoms. The van der Waals surface area contributed by atoms with Gasteiger partial charge in [-0.1, -0.05) is 6.07 Å². The zero-order chi connectivity index (χ0) is 19.1. The summed E-state index contributed by atoms with van der Waals surface area (Å²) in [5, 5.41) is 0.176. The normalized spacial score (nSPS) is 11.4. The molecule has 3 aromatic heterocycles. The fraction of sp³-hybridized carbons (Fsp3) is 0.278. The van der Waals surface area contributed by atoms with E-state index in [1.807, 2.05) is 34.3 Å². The van der Waals surface area contributed by atoms with Crippen molar-refractivity contribution in [1.29, 1.82) is 0 Å². The first-order chi connectivity index (χ1) is 13.0. The topological polar surface area (TPSA) is 81.7 Å². The van der Waals surface area contributed by atoms with E-state index in [1.54, 1.807) is 31.6 Å². The summed E-state index contributed by atoms with van der Waals surface area (Å²) < 4.78 is 3.75. The highest BCUT2D eigenvalue weighted by Gasteiger charge is 2.15. The van der Waals surface area contributed by atoms with Crippen molar-refractivity contribution in [3.8, 4) is 11.3 Å². The molecule has 138 valence electrons. The van der Waals surface area contributed by atoms with Crippen LogP contribution in [-0.2, 0) is 17.9 Å². The molecule has 0 unspecified atom stereocenters. The van der Waals surface area contributed by atoms with Gasteiger partial charge in [-0.2, -0.15) is 4.98 Å². The van der Waals surface area contributed by atoms with Crippen LogP contribution in [0.15, 0.2) is 30.9 Å². The highest BCUT2D eigenvalue weighted by molar-refractivity contribution is 6.28. The number of carbonyl (C=O) groups is 1. The van der Waals surface area contributed by atoms with Gasteiger partial charge in [-0.25, -0.2) is 15.0 Å². The van der Waals surface area contributed by atoms with Crippen molar-refractivity contribution >= 4 is 39.7 Å². The van der Waals surface area contributed by atoms with E-state index in [4.69, 9.17) is 11.6 Å². The Morgan fingerprint density at radius 3 is 2.67 bits per heavy atom. The second-order valence-corrected chi connectivity index (χ2v) is 6.75. The lowest BCUT2D eigenvalue weighted by molar-refractivity contribution is -0.129. The monoisotopic (exact) mass is 383 g/mol. The molecular weight excluding hydrogens is 366 g/mol. The SMILES string of the molecule is CCn1cnc2c(-c3ccc4c(c3)ncn4CC(=O)N(C)C)nc(Cl)nc21. The predicted molar refractivity (Wildman–Crippen MR) is 103 cm³/mol. The van der Waals surface area contributed by atoms with Gasteiger partial charge in [0.05, 0.1) is 23.7 Å². The van der Waals surface area contributed by atoms with Crippen molar-refractivity contribution < 1.29 is 4.79 Å². The van der Waals surface area contributed by atoms with Gasteiger partial charge in [-0.05, 0) is 30.7 Å². The van der Waals surface area contributed by atoms with Crippen LogP contribution in [-0.4, -0.2) is 54.0 Å². The fourth-order valence-electron chi connectivity index (χ4n) is 2.97. The van der Waals surface area contributed by atoms with E-state index in [9.17, 15) is 4.79 Å². The van der Waals surface area contributed by atoms with Crippen molar-refractivity contribution in [2.45, 2.75) is 20.0 Å². The molecule has 0 spiro atoms. The lowest BCUT2D eigenvalue weighted by atomic mass is 10.1. The number of imidazole rings is 2. The molecule has 0 aliphatic heterocycles. The van der Waals surface area contributed by atoms with Gasteiger partial charge in [0.15, 0.2) is 5.65 Å². The number of likely N-dealkylation sites (N-methyl/N-ethyl adjacent to an activating group) is 1. The summed E-state index contributed by atoms with van der Waals surface area (Å²) in [6.45, 7) is 3.00. The quantitative estimate of drug-likeness (QED) is 0.506. The van der Waals surface area contributed by atoms with E-state index in [1.165, 1.54) is 0 Å². The summed E-state index contributed by atoms with van der Waals surface area (Å²) >= 11 is 6.14. The predicted octanol–water partition coefficient (Wildman–Crippen LogP) is 2.60. The maximum Gasteiger partial charge on any atom is 0.242 e. The fourth-order valence-corrected chi connectivity index (χ4v) is 3.14. The highest BCUT2D eigenvalue weighted by Crippen LogP contribution is 2.28. The Bertz CT molecular complexity index is 1160. The van der Waals surface area contributed by atoms with Gasteiger partial charge < -0.3 is 14.0 Å². The summed E-state index contributed by atoms with van der Waals surface area (Å²) in [5.74, 6) is 0.00720. The maximum atomic E-state index is 12.0. The van der Waals surface area contributed by atoms with Gasteiger partial charge in [0.1, 0.15) is 17.8 Å². The number of aryl methyl sites for hydroxylation is 1. The summed E-state index contributed by atoms with van der Waals surface area (Å²) in [6.07, 6.45) is 3.41. The standard InChI is InChI=1S/C18H18ClN7O/c1-4-25-10-21-16-15(22-18(19)23-17(16)25)11-5-6-13-12(7-11)20-9-26(13)8-14(27)24(2)3/h5-7,9-10H,4,8H2,1-3H3. The summed E-state index contributed by atoms with van der Waals surface area (Å²) in [6, 6.07) is 5.79. The number of fused-ring (bicyclic) bond motifs is 2. The van der Waals surface area contributed by atoms with Crippen molar-refractivity contribution in [2.75, 3.05) is 14.1 Å². The first-order valence-corrected chi connectivity index (χ1v) is 8.89. The lowest BCUT2D eigenvalue weighted by Crippen LogP contribution is -2.25. The first kappa shape index (κ1) is 17.4. The molecule has 0 fully saturated rings. The number of halogens is 1. The van der Waals surface area contributed by atoms with Crippen LogP contribution in [0.3, 0.4) is 0 Å². The van der Waals surface area contributed by atoms with E-state index in [-0.39, 0.29) is 17.7 Å². The van der Waals surface area contributed by atoms with E-state index in [0.29, 0.717) is 16.9 Å². The van der Waals surface area contributed by atoms with E-state index < -0.39 is 0 Å². The smallest absolute Gasteiger partial charge is 0.242 e. The van der Waals surface area contributed by atoms with Gasteiger partial charge in [-0.3, -0.25) is 4.79 Å². The average molecular weight is 384 g/mol. The van der Waals surface area contributed by atoms with Crippen LogP contribution < -0.4 is 0 Å². The largest absolute Gasteiger partial charge is 0.347 e. The number of rotatable bonds is 4. The number of aromatic nitrogens is 6. The molecule has 1 amide bonds. The van der Waals surface area contributed by atoms with Crippen LogP contribution in [0.4, 0.5) is 0 Å². The molecule has 0 saturated carbocycles. The third-order valence-electron chi connectivity index (χ3n) is 4.48. The minimum atomic E-state index is 0.00720. The van der Waals surface area contributed by atoms with Crippen molar-refractivity contribution in [1.82, 2.24) is 34.0 Å². The third-order valence-corrected chi connectivity index (χ3v) is 4.65. The molecule has 0 aliphatic carbocycles. The van der Waals surface area contributed by atoms with E-state index >= 15 is 0 Å². The molecule has 0 aliphatic rings. The third kappa shape index (κ3) is 3.02. The van der Waals surface area contributed by atoms with Crippen molar-refractivity contribution in [3.63, 3.8) is 0 Å². The van der Waals surface area contributed by atoms with Crippen LogP contribution in [0.1, 0.15) is 6.92 Å². The van der Waals surface area contributed by atoms with Gasteiger partial charge in [-0.15, -0.1) is 0 Å². The maximum absolute atomic E-state index is 12.0. The van der Waals surface area contributed by atoms with Crippen molar-refractivity contribution in [2.24, 2.45) is 0 Å². The van der Waals surface area contributed by atoms with E-state index in [2.05, 4.69) is 19.9 Å². The Labute approximate surface area is 160 Å². The summed E-state index contributed by atoms with van der Waals surface area (Å²) in [4.78, 5) is 31.1. The second-order valence-electron chi connectivity index (χ2n) is 6.41. The van der Waals surface area contributed by atoms with Crippen molar-refractivity contribution in [3.05, 3.63) is 36.1 Å². The molecule has 4 rings (SSSR count). The minimum Gasteiger partial charge on any atom is -0.347 e. The molecule has 3 heterocycles. The molecule has 0 saturated heterocycles. The number of hydrogen-bond donors (Lipinski definition) is 0. The first-order valence-electron chi connectivity index (χ1n) is 8.51. The second kappa shape index (κ2) is 6.62. The highest BCUT2D eigenvalue weighted by atomic mass is 35.5. The Kier molecular flexibility index (Phi) is 4.27. The lowest BCUT2D eigenvalue weighted by Gasteiger charge is -2.11. The number of benzene rings is 1. The molecule has 8 nitrogen and oxygen atoms in total. The minimum absolute atomic E-state index is 0.00720. The average Bonchev–Trinajstić information content (AvgIpc) is 3.24. The molecule has 0 atom stereocenters. The Morgan fingerprint density at radius 2 is 1.93 bits per heavy atom. The Morgan fingerprint density at radius 1 is 1.15 bits per heavy atom. The van der Waals surface area contributed by atoms with Gasteiger partial charge in [0.25, 0.3) is 0 Å². The Hall–Kier alpha value is -3.00. The molecule has 0 bridgehead atoms. The van der Waals surface area contributed by atoms with Crippen LogP contribution >= 0.6 is 11.6 Å². The number of carbonyl (C=O) groups excluding carboxylic acids is 1. The molecule has 0 radical (unpaired) electrons. The molecule has 4 aromatic rings. The number of amides is 1. The Balaban J connectivity index is 1.81. The van der Waals surface area contributed by atoms with Gasteiger partial charge >= 0.3 is 0 Å².